The number of carbonyl (C=O) groups is 2. The first kappa shape index (κ1) is 19.5. The topological polar surface area (TPSA) is 98.7 Å². The molecule has 3 heterocycles. The Kier molecular flexibility index (Phi) is 6.26. The molecule has 0 saturated carbocycles. The smallest absolute Gasteiger partial charge is 0.317 e. The third-order valence-electron chi connectivity index (χ3n) is 5.73. The summed E-state index contributed by atoms with van der Waals surface area (Å²) in [6, 6.07) is -0.0637. The second-order valence-electron chi connectivity index (χ2n) is 7.65. The summed E-state index contributed by atoms with van der Waals surface area (Å²) in [7, 11) is 0. The summed E-state index contributed by atoms with van der Waals surface area (Å²) in [4.78, 5) is 36.8. The Morgan fingerprint density at radius 2 is 2.07 bits per heavy atom. The van der Waals surface area contributed by atoms with Gasteiger partial charge in [-0.05, 0) is 12.8 Å². The average molecular weight is 375 g/mol. The molecule has 8 heteroatoms. The first-order valence-corrected chi connectivity index (χ1v) is 9.74. The fourth-order valence-corrected chi connectivity index (χ4v) is 4.08. The van der Waals surface area contributed by atoms with Gasteiger partial charge in [0.1, 0.15) is 0 Å². The molecule has 2 aliphatic rings. The van der Waals surface area contributed by atoms with Crippen LogP contribution in [0.3, 0.4) is 0 Å². The Morgan fingerprint density at radius 3 is 2.74 bits per heavy atom. The summed E-state index contributed by atoms with van der Waals surface area (Å²) in [6.45, 7) is 4.94. The molecule has 1 aromatic heterocycles. The van der Waals surface area contributed by atoms with Crippen LogP contribution < -0.4 is 5.32 Å². The van der Waals surface area contributed by atoms with Crippen molar-refractivity contribution in [3.05, 3.63) is 24.3 Å². The lowest BCUT2D eigenvalue weighted by Gasteiger charge is -2.27. The maximum absolute atomic E-state index is 12.6. The molecule has 0 aromatic carbocycles. The van der Waals surface area contributed by atoms with Gasteiger partial charge in [0.2, 0.25) is 5.91 Å². The molecular formula is C19H29N5O3. The Bertz CT molecular complexity index is 656. The van der Waals surface area contributed by atoms with Gasteiger partial charge < -0.3 is 20.2 Å². The maximum atomic E-state index is 12.6. The molecule has 3 rings (SSSR count). The predicted octanol–water partition coefficient (Wildman–Crippen LogP) is 0.672. The Hall–Kier alpha value is -2.22. The van der Waals surface area contributed by atoms with Crippen molar-refractivity contribution in [1.29, 1.82) is 0 Å². The number of hydrogen-bond donors (Lipinski definition) is 2. The van der Waals surface area contributed by atoms with Crippen LogP contribution in [-0.2, 0) is 11.2 Å². The minimum Gasteiger partial charge on any atom is -0.396 e. The van der Waals surface area contributed by atoms with Gasteiger partial charge in [-0.15, -0.1) is 0 Å². The van der Waals surface area contributed by atoms with Crippen molar-refractivity contribution in [2.24, 2.45) is 11.3 Å². The average Bonchev–Trinajstić information content (AvgIpc) is 3.22. The minimum absolute atomic E-state index is 0.00958. The SMILES string of the molecule is CCCCNC(=O)N1CC2CN(C(=O)CCc3cnccn3)CC2(CO)C1. The van der Waals surface area contributed by atoms with E-state index in [1.54, 1.807) is 23.5 Å². The number of carbonyl (C=O) groups excluding carboxylic acids is 2. The second kappa shape index (κ2) is 8.65. The molecule has 1 aromatic rings. The molecule has 2 atom stereocenters. The van der Waals surface area contributed by atoms with Crippen LogP contribution >= 0.6 is 0 Å². The van der Waals surface area contributed by atoms with Crippen molar-refractivity contribution < 1.29 is 14.7 Å². The number of aliphatic hydroxyl groups is 1. The molecule has 0 bridgehead atoms. The van der Waals surface area contributed by atoms with Crippen LogP contribution in [0.4, 0.5) is 4.79 Å². The quantitative estimate of drug-likeness (QED) is 0.683. The highest BCUT2D eigenvalue weighted by atomic mass is 16.3. The molecule has 2 saturated heterocycles. The number of aryl methyl sites for hydroxylation is 1. The Labute approximate surface area is 160 Å². The number of fused-ring (bicyclic) bond motifs is 1. The third kappa shape index (κ3) is 4.37. The zero-order valence-corrected chi connectivity index (χ0v) is 15.9. The lowest BCUT2D eigenvalue weighted by Crippen LogP contribution is -2.44. The van der Waals surface area contributed by atoms with E-state index in [1.807, 2.05) is 4.90 Å². The van der Waals surface area contributed by atoms with E-state index in [2.05, 4.69) is 22.2 Å². The fraction of sp³-hybridized carbons (Fsp3) is 0.684. The normalized spacial score (nSPS) is 24.1. The highest BCUT2D eigenvalue weighted by molar-refractivity contribution is 5.77. The van der Waals surface area contributed by atoms with Crippen molar-refractivity contribution in [2.75, 3.05) is 39.3 Å². The number of aliphatic hydroxyl groups excluding tert-OH is 1. The van der Waals surface area contributed by atoms with Crippen LogP contribution in [0.15, 0.2) is 18.6 Å². The Morgan fingerprint density at radius 1 is 1.30 bits per heavy atom. The second-order valence-corrected chi connectivity index (χ2v) is 7.65. The number of hydrogen-bond acceptors (Lipinski definition) is 5. The third-order valence-corrected chi connectivity index (χ3v) is 5.73. The van der Waals surface area contributed by atoms with Gasteiger partial charge in [-0.1, -0.05) is 13.3 Å². The highest BCUT2D eigenvalue weighted by Crippen LogP contribution is 2.42. The fourth-order valence-electron chi connectivity index (χ4n) is 4.08. The monoisotopic (exact) mass is 375 g/mol. The van der Waals surface area contributed by atoms with Crippen molar-refractivity contribution in [2.45, 2.75) is 32.6 Å². The molecule has 0 radical (unpaired) electrons. The molecule has 2 fully saturated rings. The van der Waals surface area contributed by atoms with E-state index in [-0.39, 0.29) is 24.5 Å². The number of nitrogens with one attached hydrogen (secondary N) is 1. The van der Waals surface area contributed by atoms with E-state index in [4.69, 9.17) is 0 Å². The van der Waals surface area contributed by atoms with Crippen LogP contribution in [0.2, 0.25) is 0 Å². The van der Waals surface area contributed by atoms with E-state index in [1.165, 1.54) is 0 Å². The summed E-state index contributed by atoms with van der Waals surface area (Å²) in [5.41, 5.74) is 0.404. The van der Waals surface area contributed by atoms with Crippen molar-refractivity contribution in [3.8, 4) is 0 Å². The van der Waals surface area contributed by atoms with Crippen molar-refractivity contribution in [1.82, 2.24) is 25.1 Å². The largest absolute Gasteiger partial charge is 0.396 e. The highest BCUT2D eigenvalue weighted by Gasteiger charge is 2.54. The minimum atomic E-state index is -0.399. The van der Waals surface area contributed by atoms with E-state index in [0.717, 1.165) is 18.5 Å². The number of aromatic nitrogens is 2. The molecule has 27 heavy (non-hydrogen) atoms. The number of unbranched alkanes of at least 4 members (excludes halogenated alkanes) is 1. The zero-order valence-electron chi connectivity index (χ0n) is 15.9. The molecule has 2 unspecified atom stereocenters. The summed E-state index contributed by atoms with van der Waals surface area (Å²) in [5.74, 6) is 0.196. The van der Waals surface area contributed by atoms with Gasteiger partial charge in [-0.2, -0.15) is 0 Å². The van der Waals surface area contributed by atoms with Gasteiger partial charge in [-0.3, -0.25) is 14.8 Å². The molecule has 3 amide bonds. The van der Waals surface area contributed by atoms with E-state index < -0.39 is 5.41 Å². The molecule has 2 N–H and O–H groups in total. The van der Waals surface area contributed by atoms with Crippen LogP contribution in [0, 0.1) is 11.3 Å². The van der Waals surface area contributed by atoms with Crippen LogP contribution in [-0.4, -0.2) is 76.1 Å². The van der Waals surface area contributed by atoms with Gasteiger partial charge in [-0.25, -0.2) is 4.79 Å². The number of amides is 3. The summed E-state index contributed by atoms with van der Waals surface area (Å²) >= 11 is 0. The van der Waals surface area contributed by atoms with Gasteiger partial charge in [0.05, 0.1) is 12.3 Å². The summed E-state index contributed by atoms with van der Waals surface area (Å²) in [5, 5.41) is 13.0. The van der Waals surface area contributed by atoms with Gasteiger partial charge in [0.25, 0.3) is 0 Å². The lowest BCUT2D eigenvalue weighted by molar-refractivity contribution is -0.130. The van der Waals surface area contributed by atoms with Crippen LogP contribution in [0.5, 0.6) is 0 Å². The van der Waals surface area contributed by atoms with Crippen molar-refractivity contribution >= 4 is 11.9 Å². The number of urea groups is 1. The van der Waals surface area contributed by atoms with Crippen LogP contribution in [0.1, 0.15) is 31.9 Å². The first-order valence-electron chi connectivity index (χ1n) is 9.74. The lowest BCUT2D eigenvalue weighted by atomic mass is 9.82. The van der Waals surface area contributed by atoms with Crippen molar-refractivity contribution in [3.63, 3.8) is 0 Å². The van der Waals surface area contributed by atoms with E-state index in [0.29, 0.717) is 45.6 Å². The molecule has 0 spiro atoms. The number of rotatable bonds is 7. The number of likely N-dealkylation sites (tertiary alicyclic amines) is 2. The van der Waals surface area contributed by atoms with E-state index in [9.17, 15) is 14.7 Å². The Balaban J connectivity index is 1.53. The molecule has 0 aliphatic carbocycles. The van der Waals surface area contributed by atoms with Gasteiger partial charge in [0.15, 0.2) is 0 Å². The zero-order chi connectivity index (χ0) is 19.3. The van der Waals surface area contributed by atoms with E-state index >= 15 is 0 Å². The molecular weight excluding hydrogens is 346 g/mol. The first-order chi connectivity index (χ1) is 13.1. The molecule has 8 nitrogen and oxygen atoms in total. The predicted molar refractivity (Wildman–Crippen MR) is 99.8 cm³/mol. The summed E-state index contributed by atoms with van der Waals surface area (Å²) in [6.07, 6.45) is 7.86. The standard InChI is InChI=1S/C19H29N5O3/c1-2-3-6-22-18(27)24-11-15-10-23(12-19(15,13-24)14-25)17(26)5-4-16-9-20-7-8-21-16/h7-9,15,25H,2-6,10-14H2,1H3,(H,22,27). The summed E-state index contributed by atoms with van der Waals surface area (Å²) < 4.78 is 0. The molecule has 2 aliphatic heterocycles. The van der Waals surface area contributed by atoms with Gasteiger partial charge >= 0.3 is 6.03 Å². The van der Waals surface area contributed by atoms with Gasteiger partial charge in [0, 0.05) is 69.1 Å². The van der Waals surface area contributed by atoms with Crippen LogP contribution in [0.25, 0.3) is 0 Å². The maximum Gasteiger partial charge on any atom is 0.317 e. The molecule has 148 valence electrons. The number of nitrogens with zero attached hydrogens (tertiary/aromatic N) is 4.